The smallest absolute Gasteiger partial charge is 0.0747 e. The fourth-order valence-corrected chi connectivity index (χ4v) is 1.04. The first kappa shape index (κ1) is 9.88. The number of nitrogens with one attached hydrogen (secondary N) is 2. The van der Waals surface area contributed by atoms with Crippen LogP contribution in [0.4, 0.5) is 0 Å². The second kappa shape index (κ2) is 4.66. The van der Waals surface area contributed by atoms with Crippen molar-refractivity contribution >= 4 is 0 Å². The molecule has 0 aliphatic carbocycles. The lowest BCUT2D eigenvalue weighted by atomic mass is 10.1. The number of hydrazine groups is 1. The molecule has 0 aromatic heterocycles. The van der Waals surface area contributed by atoms with Crippen LogP contribution in [-0.4, -0.2) is 32.2 Å². The Morgan fingerprint density at radius 3 is 1.80 bits per heavy atom. The van der Waals surface area contributed by atoms with Gasteiger partial charge >= 0.3 is 0 Å². The molecule has 0 heterocycles. The van der Waals surface area contributed by atoms with Crippen LogP contribution in [0.5, 0.6) is 0 Å². The van der Waals surface area contributed by atoms with Crippen LogP contribution in [0.25, 0.3) is 0 Å². The molecule has 62 valence electrons. The first-order chi connectivity index (χ1) is 4.59. The molecule has 2 N–H and O–H groups in total. The van der Waals surface area contributed by atoms with Crippen LogP contribution < -0.4 is 10.9 Å². The normalized spacial score (nSPS) is 14.7. The van der Waals surface area contributed by atoms with Crippen LogP contribution in [0.15, 0.2) is 0 Å². The Balaban J connectivity index is 3.73. The molecule has 0 radical (unpaired) electrons. The van der Waals surface area contributed by atoms with Crippen LogP contribution >= 0.6 is 0 Å². The summed E-state index contributed by atoms with van der Waals surface area (Å²) in [5.41, 5.74) is 6.10. The summed E-state index contributed by atoms with van der Waals surface area (Å²) in [7, 11) is 6.02. The van der Waals surface area contributed by atoms with E-state index in [4.69, 9.17) is 0 Å². The highest BCUT2D eigenvalue weighted by Gasteiger charge is 2.12. The molecule has 1 unspecified atom stereocenters. The summed E-state index contributed by atoms with van der Waals surface area (Å²) in [6, 6.07) is 0. The van der Waals surface area contributed by atoms with Crippen molar-refractivity contribution < 1.29 is 0 Å². The van der Waals surface area contributed by atoms with Gasteiger partial charge in [-0.15, -0.1) is 0 Å². The lowest BCUT2D eigenvalue weighted by molar-refractivity contribution is 0.173. The fourth-order valence-electron chi connectivity index (χ4n) is 1.04. The van der Waals surface area contributed by atoms with Crippen molar-refractivity contribution in [1.82, 2.24) is 15.8 Å². The van der Waals surface area contributed by atoms with Crippen molar-refractivity contribution in [1.29, 1.82) is 0 Å². The minimum absolute atomic E-state index is 0.407. The van der Waals surface area contributed by atoms with Gasteiger partial charge in [0.2, 0.25) is 0 Å². The van der Waals surface area contributed by atoms with Crippen LogP contribution in [0.3, 0.4) is 0 Å². The van der Waals surface area contributed by atoms with E-state index in [1.54, 1.807) is 0 Å². The van der Waals surface area contributed by atoms with Gasteiger partial charge in [-0.05, 0) is 27.1 Å². The number of rotatable bonds is 4. The first-order valence-electron chi connectivity index (χ1n) is 3.68. The van der Waals surface area contributed by atoms with Crippen molar-refractivity contribution in [3.05, 3.63) is 0 Å². The van der Waals surface area contributed by atoms with Gasteiger partial charge in [0.05, 0.1) is 6.17 Å². The van der Waals surface area contributed by atoms with Gasteiger partial charge in [-0.1, -0.05) is 13.8 Å². The molecule has 0 rings (SSSR count). The summed E-state index contributed by atoms with van der Waals surface area (Å²) in [5, 5.41) is 0. The van der Waals surface area contributed by atoms with Gasteiger partial charge in [-0.2, -0.15) is 0 Å². The monoisotopic (exact) mass is 145 g/mol. The third-order valence-corrected chi connectivity index (χ3v) is 1.48. The Bertz CT molecular complexity index is 72.9. The van der Waals surface area contributed by atoms with Crippen LogP contribution in [-0.2, 0) is 0 Å². The van der Waals surface area contributed by atoms with E-state index in [0.717, 1.165) is 0 Å². The summed E-state index contributed by atoms with van der Waals surface area (Å²) >= 11 is 0. The van der Waals surface area contributed by atoms with Crippen LogP contribution in [0.1, 0.15) is 13.8 Å². The van der Waals surface area contributed by atoms with Gasteiger partial charge in [0, 0.05) is 0 Å². The molecule has 0 saturated carbocycles. The SMILES string of the molecule is CNNC(C(C)C)N(C)C. The minimum atomic E-state index is 0.407. The lowest BCUT2D eigenvalue weighted by Gasteiger charge is -2.28. The van der Waals surface area contributed by atoms with Gasteiger partial charge in [0.25, 0.3) is 0 Å². The average molecular weight is 145 g/mol. The zero-order valence-corrected chi connectivity index (χ0v) is 7.60. The molecule has 3 heteroatoms. The molecular formula is C7H19N3. The van der Waals surface area contributed by atoms with Gasteiger partial charge in [-0.25, -0.2) is 5.43 Å². The second-order valence-corrected chi connectivity index (χ2v) is 3.05. The molecule has 3 nitrogen and oxygen atoms in total. The van der Waals surface area contributed by atoms with E-state index >= 15 is 0 Å². The summed E-state index contributed by atoms with van der Waals surface area (Å²) in [4.78, 5) is 2.15. The Kier molecular flexibility index (Phi) is 4.60. The number of nitrogens with zero attached hydrogens (tertiary/aromatic N) is 1. The molecule has 0 saturated heterocycles. The third kappa shape index (κ3) is 3.15. The van der Waals surface area contributed by atoms with E-state index in [9.17, 15) is 0 Å². The van der Waals surface area contributed by atoms with Crippen molar-refractivity contribution in [2.45, 2.75) is 20.0 Å². The zero-order chi connectivity index (χ0) is 8.15. The van der Waals surface area contributed by atoms with Crippen molar-refractivity contribution in [3.8, 4) is 0 Å². The lowest BCUT2D eigenvalue weighted by Crippen LogP contribution is -2.50. The largest absolute Gasteiger partial charge is 0.293 e. The van der Waals surface area contributed by atoms with Crippen molar-refractivity contribution in [2.24, 2.45) is 5.92 Å². The van der Waals surface area contributed by atoms with Gasteiger partial charge in [0.1, 0.15) is 0 Å². The molecule has 0 spiro atoms. The first-order valence-corrected chi connectivity index (χ1v) is 3.68. The van der Waals surface area contributed by atoms with Crippen molar-refractivity contribution in [3.63, 3.8) is 0 Å². The van der Waals surface area contributed by atoms with E-state index in [2.05, 4.69) is 43.7 Å². The Morgan fingerprint density at radius 1 is 1.20 bits per heavy atom. The molecule has 0 bridgehead atoms. The molecule has 0 aliphatic rings. The van der Waals surface area contributed by atoms with E-state index in [-0.39, 0.29) is 0 Å². The Morgan fingerprint density at radius 2 is 1.70 bits per heavy atom. The minimum Gasteiger partial charge on any atom is -0.293 e. The predicted molar refractivity (Wildman–Crippen MR) is 44.5 cm³/mol. The topological polar surface area (TPSA) is 27.3 Å². The molecule has 0 aliphatic heterocycles. The molecule has 0 aromatic carbocycles. The van der Waals surface area contributed by atoms with Crippen LogP contribution in [0, 0.1) is 5.92 Å². The van der Waals surface area contributed by atoms with Gasteiger partial charge in [-0.3, -0.25) is 10.3 Å². The van der Waals surface area contributed by atoms with Crippen LogP contribution in [0.2, 0.25) is 0 Å². The zero-order valence-electron chi connectivity index (χ0n) is 7.60. The van der Waals surface area contributed by atoms with Crippen molar-refractivity contribution in [2.75, 3.05) is 21.1 Å². The maximum Gasteiger partial charge on any atom is 0.0747 e. The summed E-state index contributed by atoms with van der Waals surface area (Å²) in [6.07, 6.45) is 0.407. The Hall–Kier alpha value is -0.120. The van der Waals surface area contributed by atoms with E-state index in [1.807, 2.05) is 7.05 Å². The van der Waals surface area contributed by atoms with E-state index < -0.39 is 0 Å². The molecule has 0 aromatic rings. The molecular weight excluding hydrogens is 126 g/mol. The molecule has 1 atom stereocenters. The highest BCUT2D eigenvalue weighted by atomic mass is 15.4. The summed E-state index contributed by atoms with van der Waals surface area (Å²) in [6.45, 7) is 4.38. The molecule has 0 fully saturated rings. The summed E-state index contributed by atoms with van der Waals surface area (Å²) < 4.78 is 0. The van der Waals surface area contributed by atoms with Gasteiger partial charge in [0.15, 0.2) is 0 Å². The molecule has 10 heavy (non-hydrogen) atoms. The molecule has 0 amide bonds. The fraction of sp³-hybridized carbons (Fsp3) is 1.00. The van der Waals surface area contributed by atoms with E-state index in [1.165, 1.54) is 0 Å². The Labute approximate surface area is 63.8 Å². The maximum atomic E-state index is 3.16. The number of hydrogen-bond acceptors (Lipinski definition) is 3. The average Bonchev–Trinajstić information content (AvgIpc) is 1.81. The maximum absolute atomic E-state index is 3.16. The summed E-state index contributed by atoms with van der Waals surface area (Å²) in [5.74, 6) is 0.613. The highest BCUT2D eigenvalue weighted by Crippen LogP contribution is 2.01. The predicted octanol–water partition coefficient (Wildman–Crippen LogP) is 0.254. The third-order valence-electron chi connectivity index (χ3n) is 1.48. The highest BCUT2D eigenvalue weighted by molar-refractivity contribution is 4.63. The standard InChI is InChI=1S/C7H19N3/c1-6(2)7(9-8-3)10(4)5/h6-9H,1-5H3. The van der Waals surface area contributed by atoms with Gasteiger partial charge < -0.3 is 0 Å². The van der Waals surface area contributed by atoms with E-state index in [0.29, 0.717) is 12.1 Å². The number of hydrogen-bond donors (Lipinski definition) is 2. The second-order valence-electron chi connectivity index (χ2n) is 3.05. The quantitative estimate of drug-likeness (QED) is 0.439.